The van der Waals surface area contributed by atoms with Gasteiger partial charge in [-0.3, -0.25) is 9.48 Å². The largest absolute Gasteiger partial charge is 0.497 e. The first-order valence-corrected chi connectivity index (χ1v) is 11.4. The Hall–Kier alpha value is -3.51. The van der Waals surface area contributed by atoms with Crippen molar-refractivity contribution in [1.29, 1.82) is 0 Å². The van der Waals surface area contributed by atoms with Gasteiger partial charge in [0.2, 0.25) is 0 Å². The van der Waals surface area contributed by atoms with Crippen molar-refractivity contribution in [3.8, 4) is 5.75 Å². The molecule has 0 unspecified atom stereocenters. The van der Waals surface area contributed by atoms with E-state index in [9.17, 15) is 4.79 Å². The van der Waals surface area contributed by atoms with Crippen LogP contribution in [0.25, 0.3) is 10.9 Å². The summed E-state index contributed by atoms with van der Waals surface area (Å²) in [4.78, 5) is 17.5. The highest BCUT2D eigenvalue weighted by atomic mass is 35.5. The van der Waals surface area contributed by atoms with Crippen LogP contribution >= 0.6 is 11.6 Å². The van der Waals surface area contributed by atoms with Crippen LogP contribution in [0.3, 0.4) is 0 Å². The molecule has 1 saturated heterocycles. The standard InChI is InChI=1S/C26H25ClN4O2/c1-33-24-4-2-3-23(16-24)29-11-13-30(14-12-29)26(32)20-7-8-21-17-28-31(25(21)15-20)18-19-5-9-22(27)10-6-19/h2-10,15-17H,11-14,18H2,1H3. The molecule has 6 nitrogen and oxygen atoms in total. The van der Waals surface area contributed by atoms with Crippen molar-refractivity contribution in [3.63, 3.8) is 0 Å². The van der Waals surface area contributed by atoms with Gasteiger partial charge in [0, 0.05) is 53.9 Å². The maximum Gasteiger partial charge on any atom is 0.254 e. The van der Waals surface area contributed by atoms with Gasteiger partial charge >= 0.3 is 0 Å². The molecule has 0 bridgehead atoms. The number of aromatic nitrogens is 2. The molecule has 0 N–H and O–H groups in total. The number of fused-ring (bicyclic) bond motifs is 1. The Labute approximate surface area is 197 Å². The zero-order valence-electron chi connectivity index (χ0n) is 18.4. The number of rotatable bonds is 5. The van der Waals surface area contributed by atoms with Crippen molar-refractivity contribution in [1.82, 2.24) is 14.7 Å². The fourth-order valence-corrected chi connectivity index (χ4v) is 4.38. The molecule has 7 heteroatoms. The molecular weight excluding hydrogens is 436 g/mol. The summed E-state index contributed by atoms with van der Waals surface area (Å²) in [5.74, 6) is 0.899. The van der Waals surface area contributed by atoms with Crippen molar-refractivity contribution >= 4 is 34.1 Å². The van der Waals surface area contributed by atoms with Gasteiger partial charge in [-0.15, -0.1) is 0 Å². The number of amides is 1. The molecule has 1 aliphatic rings. The van der Waals surface area contributed by atoms with E-state index in [0.29, 0.717) is 30.2 Å². The lowest BCUT2D eigenvalue weighted by Crippen LogP contribution is -2.48. The zero-order valence-corrected chi connectivity index (χ0v) is 19.2. The third-order valence-corrected chi connectivity index (χ3v) is 6.37. The van der Waals surface area contributed by atoms with Crippen LogP contribution in [0.1, 0.15) is 15.9 Å². The van der Waals surface area contributed by atoms with Gasteiger partial charge in [-0.2, -0.15) is 5.10 Å². The number of nitrogens with zero attached hydrogens (tertiary/aromatic N) is 4. The van der Waals surface area contributed by atoms with Crippen LogP contribution < -0.4 is 9.64 Å². The second-order valence-corrected chi connectivity index (χ2v) is 8.62. The molecule has 1 amide bonds. The fourth-order valence-electron chi connectivity index (χ4n) is 4.25. The first kappa shape index (κ1) is 21.3. The molecule has 5 rings (SSSR count). The highest BCUT2D eigenvalue weighted by Gasteiger charge is 2.23. The number of methoxy groups -OCH3 is 1. The number of carbonyl (C=O) groups excluding carboxylic acids is 1. The Morgan fingerprint density at radius 3 is 2.55 bits per heavy atom. The second kappa shape index (κ2) is 9.16. The van der Waals surface area contributed by atoms with E-state index < -0.39 is 0 Å². The van der Waals surface area contributed by atoms with Gasteiger partial charge in [0.1, 0.15) is 5.75 Å². The van der Waals surface area contributed by atoms with Crippen LogP contribution in [0, 0.1) is 0 Å². The molecule has 1 aromatic heterocycles. The van der Waals surface area contributed by atoms with Gasteiger partial charge in [0.05, 0.1) is 25.4 Å². The molecule has 3 aromatic carbocycles. The minimum absolute atomic E-state index is 0.0569. The van der Waals surface area contributed by atoms with Gasteiger partial charge in [-0.25, -0.2) is 0 Å². The molecule has 4 aromatic rings. The summed E-state index contributed by atoms with van der Waals surface area (Å²) in [5.41, 5.74) is 3.87. The van der Waals surface area contributed by atoms with E-state index in [1.165, 1.54) is 0 Å². The van der Waals surface area contributed by atoms with Crippen LogP contribution in [-0.2, 0) is 6.54 Å². The highest BCUT2D eigenvalue weighted by Crippen LogP contribution is 2.23. The topological polar surface area (TPSA) is 50.6 Å². The normalized spacial score (nSPS) is 14.0. The molecule has 0 aliphatic carbocycles. The Bertz CT molecular complexity index is 1280. The average Bonchev–Trinajstić information content (AvgIpc) is 3.27. The SMILES string of the molecule is COc1cccc(N2CCN(C(=O)c3ccc4cnn(Cc5ccc(Cl)cc5)c4c3)CC2)c1. The van der Waals surface area contributed by atoms with Gasteiger partial charge in [-0.05, 0) is 42.0 Å². The molecular formula is C26H25ClN4O2. The molecule has 33 heavy (non-hydrogen) atoms. The third-order valence-electron chi connectivity index (χ3n) is 6.12. The predicted molar refractivity (Wildman–Crippen MR) is 131 cm³/mol. The molecule has 1 fully saturated rings. The summed E-state index contributed by atoms with van der Waals surface area (Å²) in [6.45, 7) is 3.55. The number of anilines is 1. The van der Waals surface area contributed by atoms with Gasteiger partial charge in [0.15, 0.2) is 0 Å². The highest BCUT2D eigenvalue weighted by molar-refractivity contribution is 6.30. The fraction of sp³-hybridized carbons (Fsp3) is 0.231. The number of hydrogen-bond acceptors (Lipinski definition) is 4. The molecule has 0 radical (unpaired) electrons. The number of ether oxygens (including phenoxy) is 1. The van der Waals surface area contributed by atoms with E-state index in [1.807, 2.05) is 76.4 Å². The third kappa shape index (κ3) is 4.52. The molecule has 168 valence electrons. The molecule has 0 saturated carbocycles. The lowest BCUT2D eigenvalue weighted by Gasteiger charge is -2.36. The quantitative estimate of drug-likeness (QED) is 0.433. The summed E-state index contributed by atoms with van der Waals surface area (Å²) in [6, 6.07) is 21.6. The van der Waals surface area contributed by atoms with E-state index in [4.69, 9.17) is 16.3 Å². The number of benzene rings is 3. The molecule has 0 atom stereocenters. The maximum absolute atomic E-state index is 13.3. The van der Waals surface area contributed by atoms with E-state index in [2.05, 4.69) is 16.1 Å². The summed E-state index contributed by atoms with van der Waals surface area (Å²) < 4.78 is 7.27. The van der Waals surface area contributed by atoms with Gasteiger partial charge in [-0.1, -0.05) is 35.9 Å². The van der Waals surface area contributed by atoms with Gasteiger partial charge < -0.3 is 14.5 Å². The number of piperazine rings is 1. The summed E-state index contributed by atoms with van der Waals surface area (Å²) >= 11 is 6.00. The number of halogens is 1. The first-order chi connectivity index (χ1) is 16.1. The lowest BCUT2D eigenvalue weighted by molar-refractivity contribution is 0.0747. The van der Waals surface area contributed by atoms with Crippen molar-refractivity contribution in [3.05, 3.63) is 89.1 Å². The summed E-state index contributed by atoms with van der Waals surface area (Å²) in [6.07, 6.45) is 1.84. The minimum Gasteiger partial charge on any atom is -0.497 e. The molecule has 1 aliphatic heterocycles. The predicted octanol–water partition coefficient (Wildman–Crippen LogP) is 4.71. The van der Waals surface area contributed by atoms with Crippen LogP contribution in [0.4, 0.5) is 5.69 Å². The van der Waals surface area contributed by atoms with Gasteiger partial charge in [0.25, 0.3) is 5.91 Å². The van der Waals surface area contributed by atoms with Crippen molar-refractivity contribution in [2.45, 2.75) is 6.54 Å². The lowest BCUT2D eigenvalue weighted by atomic mass is 10.1. The van der Waals surface area contributed by atoms with Crippen molar-refractivity contribution in [2.24, 2.45) is 0 Å². The molecule has 0 spiro atoms. The Morgan fingerprint density at radius 2 is 1.79 bits per heavy atom. The smallest absolute Gasteiger partial charge is 0.254 e. The van der Waals surface area contributed by atoms with E-state index in [1.54, 1.807) is 7.11 Å². The average molecular weight is 461 g/mol. The van der Waals surface area contributed by atoms with Crippen LogP contribution in [-0.4, -0.2) is 53.9 Å². The van der Waals surface area contributed by atoms with Crippen LogP contribution in [0.15, 0.2) is 72.9 Å². The van der Waals surface area contributed by atoms with E-state index >= 15 is 0 Å². The Morgan fingerprint density at radius 1 is 1.00 bits per heavy atom. The van der Waals surface area contributed by atoms with Crippen molar-refractivity contribution < 1.29 is 9.53 Å². The van der Waals surface area contributed by atoms with Crippen LogP contribution in [0.5, 0.6) is 5.75 Å². The second-order valence-electron chi connectivity index (χ2n) is 8.18. The monoisotopic (exact) mass is 460 g/mol. The Balaban J connectivity index is 1.30. The van der Waals surface area contributed by atoms with E-state index in [0.717, 1.165) is 41.0 Å². The van der Waals surface area contributed by atoms with Crippen molar-refractivity contribution in [2.75, 3.05) is 38.2 Å². The summed E-state index contributed by atoms with van der Waals surface area (Å²) in [7, 11) is 1.67. The maximum atomic E-state index is 13.3. The first-order valence-electron chi connectivity index (χ1n) is 11.0. The summed E-state index contributed by atoms with van der Waals surface area (Å²) in [5, 5.41) is 6.25. The van der Waals surface area contributed by atoms with E-state index in [-0.39, 0.29) is 5.91 Å². The molecule has 2 heterocycles. The number of carbonyl (C=O) groups is 1. The zero-order chi connectivity index (χ0) is 22.8. The Kier molecular flexibility index (Phi) is 5.92. The number of hydrogen-bond donors (Lipinski definition) is 0. The van der Waals surface area contributed by atoms with Crippen LogP contribution in [0.2, 0.25) is 5.02 Å². The minimum atomic E-state index is 0.0569.